The molecule has 0 radical (unpaired) electrons. The summed E-state index contributed by atoms with van der Waals surface area (Å²) in [5.41, 5.74) is 3.28. The minimum atomic E-state index is 0.206. The van der Waals surface area contributed by atoms with E-state index in [1.807, 2.05) is 36.4 Å². The summed E-state index contributed by atoms with van der Waals surface area (Å²) in [6.45, 7) is 0. The molecular formula is C18H10Cl2N2O. The molecule has 0 fully saturated rings. The number of hydrogen-bond acceptors (Lipinski definition) is 1. The molecule has 2 heterocycles. The van der Waals surface area contributed by atoms with Crippen molar-refractivity contribution in [3.05, 3.63) is 52.5 Å². The highest BCUT2D eigenvalue weighted by Gasteiger charge is 2.15. The predicted octanol–water partition coefficient (Wildman–Crippen LogP) is 5.97. The summed E-state index contributed by atoms with van der Waals surface area (Å²) < 4.78 is 0. The first kappa shape index (κ1) is 13.1. The average Bonchev–Trinajstić information content (AvgIpc) is 3.07. The van der Waals surface area contributed by atoms with Crippen LogP contribution in [0.5, 0.6) is 5.75 Å². The highest BCUT2D eigenvalue weighted by molar-refractivity contribution is 6.33. The Kier molecular flexibility index (Phi) is 2.48. The van der Waals surface area contributed by atoms with Crippen LogP contribution in [0.3, 0.4) is 0 Å². The summed E-state index contributed by atoms with van der Waals surface area (Å²) >= 11 is 12.3. The molecule has 112 valence electrons. The lowest BCUT2D eigenvalue weighted by molar-refractivity contribution is 0.486. The van der Waals surface area contributed by atoms with Crippen molar-refractivity contribution in [2.75, 3.05) is 0 Å². The van der Waals surface area contributed by atoms with Gasteiger partial charge in [-0.15, -0.1) is 0 Å². The summed E-state index contributed by atoms with van der Waals surface area (Å²) in [4.78, 5) is 6.53. The Morgan fingerprint density at radius 2 is 1.13 bits per heavy atom. The molecule has 0 unspecified atom stereocenters. The molecule has 5 rings (SSSR count). The van der Waals surface area contributed by atoms with Gasteiger partial charge in [0.15, 0.2) is 5.75 Å². The van der Waals surface area contributed by atoms with Crippen LogP contribution in [0.15, 0.2) is 42.5 Å². The quantitative estimate of drug-likeness (QED) is 0.319. The van der Waals surface area contributed by atoms with Crippen LogP contribution in [0, 0.1) is 0 Å². The molecule has 3 nitrogen and oxygen atoms in total. The molecule has 0 saturated heterocycles. The Bertz CT molecular complexity index is 1160. The van der Waals surface area contributed by atoms with Gasteiger partial charge < -0.3 is 15.1 Å². The third kappa shape index (κ3) is 1.72. The number of rotatable bonds is 0. The molecule has 5 aromatic rings. The predicted molar refractivity (Wildman–Crippen MR) is 96.9 cm³/mol. The van der Waals surface area contributed by atoms with Crippen molar-refractivity contribution in [1.29, 1.82) is 0 Å². The van der Waals surface area contributed by atoms with Gasteiger partial charge in [-0.1, -0.05) is 23.2 Å². The molecule has 0 aliphatic carbocycles. The van der Waals surface area contributed by atoms with E-state index in [4.69, 9.17) is 23.2 Å². The van der Waals surface area contributed by atoms with Gasteiger partial charge in [-0.3, -0.25) is 0 Å². The third-order valence-corrected chi connectivity index (χ3v) is 4.83. The van der Waals surface area contributed by atoms with E-state index in [-0.39, 0.29) is 5.75 Å². The lowest BCUT2D eigenvalue weighted by Gasteiger charge is -1.99. The van der Waals surface area contributed by atoms with E-state index in [2.05, 4.69) is 16.0 Å². The average molecular weight is 341 g/mol. The van der Waals surface area contributed by atoms with E-state index < -0.39 is 0 Å². The Labute approximate surface area is 140 Å². The molecule has 0 atom stereocenters. The normalized spacial score (nSPS) is 12.1. The number of phenols is 1. The van der Waals surface area contributed by atoms with E-state index in [0.717, 1.165) is 32.6 Å². The zero-order valence-electron chi connectivity index (χ0n) is 11.7. The second-order valence-electron chi connectivity index (χ2n) is 5.70. The van der Waals surface area contributed by atoms with Crippen molar-refractivity contribution in [1.82, 2.24) is 9.97 Å². The summed E-state index contributed by atoms with van der Waals surface area (Å²) in [7, 11) is 0. The molecular weight excluding hydrogens is 331 g/mol. The van der Waals surface area contributed by atoms with Crippen molar-refractivity contribution < 1.29 is 5.11 Å². The van der Waals surface area contributed by atoms with E-state index in [1.54, 1.807) is 0 Å². The zero-order valence-corrected chi connectivity index (χ0v) is 13.3. The van der Waals surface area contributed by atoms with Crippen molar-refractivity contribution in [3.8, 4) is 5.75 Å². The molecule has 0 aliphatic rings. The minimum absolute atomic E-state index is 0.206. The van der Waals surface area contributed by atoms with E-state index in [9.17, 15) is 5.11 Å². The number of aromatic nitrogens is 2. The topological polar surface area (TPSA) is 51.8 Å². The van der Waals surface area contributed by atoms with Crippen molar-refractivity contribution in [2.45, 2.75) is 0 Å². The molecule has 0 spiro atoms. The van der Waals surface area contributed by atoms with Crippen LogP contribution in [0.2, 0.25) is 10.0 Å². The fraction of sp³-hybridized carbons (Fsp3) is 0. The lowest BCUT2D eigenvalue weighted by Crippen LogP contribution is -1.74. The van der Waals surface area contributed by atoms with Crippen LogP contribution < -0.4 is 0 Å². The Hall–Kier alpha value is -2.36. The van der Waals surface area contributed by atoms with Gasteiger partial charge in [0.05, 0.1) is 11.0 Å². The second kappa shape index (κ2) is 4.34. The molecule has 5 heteroatoms. The van der Waals surface area contributed by atoms with Crippen LogP contribution in [0.1, 0.15) is 0 Å². The van der Waals surface area contributed by atoms with Gasteiger partial charge in [0, 0.05) is 42.6 Å². The number of fused-ring (bicyclic) bond motifs is 6. The smallest absolute Gasteiger partial charge is 0.164 e. The van der Waals surface area contributed by atoms with Gasteiger partial charge in [0.25, 0.3) is 0 Å². The first-order chi connectivity index (χ1) is 11.1. The van der Waals surface area contributed by atoms with Crippen LogP contribution >= 0.6 is 23.2 Å². The van der Waals surface area contributed by atoms with Gasteiger partial charge in [0.1, 0.15) is 0 Å². The van der Waals surface area contributed by atoms with Crippen molar-refractivity contribution in [2.24, 2.45) is 0 Å². The number of hydrogen-bond donors (Lipinski definition) is 3. The van der Waals surface area contributed by atoms with Crippen molar-refractivity contribution >= 4 is 66.8 Å². The summed E-state index contributed by atoms with van der Waals surface area (Å²) in [6, 6.07) is 13.4. The van der Waals surface area contributed by atoms with Crippen LogP contribution in [-0.4, -0.2) is 15.1 Å². The summed E-state index contributed by atoms with van der Waals surface area (Å²) in [5, 5.41) is 15.9. The summed E-state index contributed by atoms with van der Waals surface area (Å²) in [6.07, 6.45) is 0. The molecule has 0 bridgehead atoms. The van der Waals surface area contributed by atoms with Gasteiger partial charge in [-0.2, -0.15) is 0 Å². The van der Waals surface area contributed by atoms with Crippen molar-refractivity contribution in [3.63, 3.8) is 0 Å². The van der Waals surface area contributed by atoms with Crippen LogP contribution in [-0.2, 0) is 0 Å². The largest absolute Gasteiger partial charge is 0.504 e. The standard InChI is InChI=1S/C18H10Cl2N2O/c19-8-1-3-14-10(5-8)12-7-13-11-6-9(20)2-4-15(11)22-17(13)18(23)16(12)21-14/h1-7,21-23H. The number of phenolic OH excluding ortho intramolecular Hbond substituents is 1. The third-order valence-electron chi connectivity index (χ3n) is 4.36. The maximum atomic E-state index is 10.7. The molecule has 2 aromatic heterocycles. The molecule has 3 N–H and O–H groups in total. The Morgan fingerprint density at radius 1 is 0.652 bits per heavy atom. The van der Waals surface area contributed by atoms with E-state index in [0.29, 0.717) is 21.1 Å². The second-order valence-corrected chi connectivity index (χ2v) is 6.57. The number of benzene rings is 3. The molecule has 3 aromatic carbocycles. The van der Waals surface area contributed by atoms with Crippen LogP contribution in [0.25, 0.3) is 43.6 Å². The Balaban J connectivity index is 2.05. The van der Waals surface area contributed by atoms with Gasteiger partial charge in [-0.05, 0) is 42.5 Å². The first-order valence-electron chi connectivity index (χ1n) is 7.15. The summed E-state index contributed by atoms with van der Waals surface area (Å²) in [5.74, 6) is 0.206. The molecule has 0 saturated carbocycles. The fourth-order valence-electron chi connectivity index (χ4n) is 3.31. The maximum Gasteiger partial charge on any atom is 0.164 e. The number of halogens is 2. The fourth-order valence-corrected chi connectivity index (χ4v) is 3.66. The van der Waals surface area contributed by atoms with Gasteiger partial charge >= 0.3 is 0 Å². The SMILES string of the molecule is Oc1c2[nH]c3ccc(Cl)cc3c2cc2c1[nH]c1ccc(Cl)cc12. The van der Waals surface area contributed by atoms with Gasteiger partial charge in [-0.25, -0.2) is 0 Å². The first-order valence-corrected chi connectivity index (χ1v) is 7.91. The van der Waals surface area contributed by atoms with Gasteiger partial charge in [0.2, 0.25) is 0 Å². The maximum absolute atomic E-state index is 10.7. The molecule has 0 amide bonds. The zero-order chi connectivity index (χ0) is 15.7. The highest BCUT2D eigenvalue weighted by Crippen LogP contribution is 2.40. The minimum Gasteiger partial charge on any atom is -0.504 e. The van der Waals surface area contributed by atoms with Crippen LogP contribution in [0.4, 0.5) is 0 Å². The monoisotopic (exact) mass is 340 g/mol. The number of aromatic hydroxyl groups is 1. The lowest BCUT2D eigenvalue weighted by atomic mass is 10.1. The molecule has 23 heavy (non-hydrogen) atoms. The number of H-pyrrole nitrogens is 2. The number of aromatic amines is 2. The Morgan fingerprint density at radius 3 is 1.61 bits per heavy atom. The molecule has 0 aliphatic heterocycles. The number of nitrogens with one attached hydrogen (secondary N) is 2. The van der Waals surface area contributed by atoms with E-state index >= 15 is 0 Å². The van der Waals surface area contributed by atoms with E-state index in [1.165, 1.54) is 0 Å². The highest BCUT2D eigenvalue weighted by atomic mass is 35.5.